The number of rotatable bonds is 7. The highest BCUT2D eigenvalue weighted by Crippen LogP contribution is 2.40. The number of aromatic nitrogens is 2. The number of benzene rings is 1. The number of aryl methyl sites for hydroxylation is 2. The van der Waals surface area contributed by atoms with Crippen LogP contribution in [0.1, 0.15) is 50.1 Å². The van der Waals surface area contributed by atoms with E-state index in [-0.39, 0.29) is 11.9 Å². The average molecular weight is 540 g/mol. The van der Waals surface area contributed by atoms with Crippen LogP contribution in [0.3, 0.4) is 0 Å². The van der Waals surface area contributed by atoms with Crippen molar-refractivity contribution in [2.24, 2.45) is 4.99 Å². The molecular formula is C32H34FN5S. The molecular weight excluding hydrogens is 505 g/mol. The van der Waals surface area contributed by atoms with E-state index in [1.807, 2.05) is 19.9 Å². The SMILES string of the molecule is CCN=C(C1=C(C)Cc2c(-c3ccsc3)ccc(C)c2N1)c1c(C)ncc(-c2cncc(NC(C)C)c2)c1F. The van der Waals surface area contributed by atoms with E-state index in [4.69, 9.17) is 4.99 Å². The fourth-order valence-corrected chi connectivity index (χ4v) is 5.81. The fourth-order valence-electron chi connectivity index (χ4n) is 5.15. The highest BCUT2D eigenvalue weighted by atomic mass is 32.1. The van der Waals surface area contributed by atoms with Gasteiger partial charge in [0.25, 0.3) is 0 Å². The minimum atomic E-state index is -0.338. The smallest absolute Gasteiger partial charge is 0.143 e. The van der Waals surface area contributed by atoms with E-state index in [1.165, 1.54) is 16.7 Å². The van der Waals surface area contributed by atoms with E-state index in [9.17, 15) is 0 Å². The summed E-state index contributed by atoms with van der Waals surface area (Å²) in [6.07, 6.45) is 5.78. The van der Waals surface area contributed by atoms with E-state index in [2.05, 4.69) is 77.3 Å². The van der Waals surface area contributed by atoms with Crippen molar-refractivity contribution >= 4 is 28.4 Å². The van der Waals surface area contributed by atoms with Crippen LogP contribution in [0.2, 0.25) is 0 Å². The molecule has 5 nitrogen and oxygen atoms in total. The number of nitrogens with zero attached hydrogens (tertiary/aromatic N) is 3. The van der Waals surface area contributed by atoms with Crippen molar-refractivity contribution < 1.29 is 4.39 Å². The van der Waals surface area contributed by atoms with Gasteiger partial charge in [-0.1, -0.05) is 12.1 Å². The predicted molar refractivity (Wildman–Crippen MR) is 163 cm³/mol. The maximum atomic E-state index is 16.5. The number of nitrogens with one attached hydrogen (secondary N) is 2. The monoisotopic (exact) mass is 539 g/mol. The Morgan fingerprint density at radius 1 is 1.10 bits per heavy atom. The molecule has 0 radical (unpaired) electrons. The number of pyridine rings is 2. The fraction of sp³-hybridized carbons (Fsp3) is 0.281. The van der Waals surface area contributed by atoms with Crippen LogP contribution < -0.4 is 10.6 Å². The van der Waals surface area contributed by atoms with Gasteiger partial charge in [0, 0.05) is 53.7 Å². The number of fused-ring (bicyclic) bond motifs is 1. The third kappa shape index (κ3) is 5.23. The molecule has 1 aromatic carbocycles. The Hall–Kier alpha value is -3.84. The molecule has 4 heterocycles. The zero-order valence-electron chi connectivity index (χ0n) is 23.3. The minimum absolute atomic E-state index is 0.237. The van der Waals surface area contributed by atoms with Crippen LogP contribution in [0.5, 0.6) is 0 Å². The van der Waals surface area contributed by atoms with Gasteiger partial charge in [-0.25, -0.2) is 4.39 Å². The molecule has 5 rings (SSSR count). The predicted octanol–water partition coefficient (Wildman–Crippen LogP) is 8.20. The standard InChI is InChI=1S/C32H34FN5S/c1-7-35-32(28-21(6)36-16-27(29(28)33)23-13-24(15-34-14-23)37-18(2)3)31-20(5)12-26-25(22-10-11-39-17-22)9-8-19(4)30(26)38-31/h8-11,13-18,37-38H,7,12H2,1-6H3. The molecule has 1 aliphatic rings. The Kier molecular flexibility index (Phi) is 7.62. The van der Waals surface area contributed by atoms with Crippen LogP contribution in [0.4, 0.5) is 15.8 Å². The molecule has 4 aromatic rings. The first kappa shape index (κ1) is 26.8. The number of allylic oxidation sites excluding steroid dienone is 2. The second-order valence-electron chi connectivity index (χ2n) is 10.3. The number of aliphatic imine (C=N–C) groups is 1. The lowest BCUT2D eigenvalue weighted by Gasteiger charge is -2.28. The van der Waals surface area contributed by atoms with Gasteiger partial charge in [0.1, 0.15) is 5.82 Å². The number of hydrogen-bond donors (Lipinski definition) is 2. The van der Waals surface area contributed by atoms with Gasteiger partial charge < -0.3 is 10.6 Å². The first-order valence-electron chi connectivity index (χ1n) is 13.3. The maximum Gasteiger partial charge on any atom is 0.143 e. The molecule has 0 fully saturated rings. The summed E-state index contributed by atoms with van der Waals surface area (Å²) in [6.45, 7) is 12.7. The Morgan fingerprint density at radius 2 is 1.92 bits per heavy atom. The first-order valence-corrected chi connectivity index (χ1v) is 14.3. The van der Waals surface area contributed by atoms with Crippen molar-refractivity contribution in [3.63, 3.8) is 0 Å². The average Bonchev–Trinajstić information content (AvgIpc) is 3.43. The van der Waals surface area contributed by atoms with E-state index in [1.54, 1.807) is 29.9 Å². The van der Waals surface area contributed by atoms with Crippen LogP contribution >= 0.6 is 11.3 Å². The minimum Gasteiger partial charge on any atom is -0.382 e. The van der Waals surface area contributed by atoms with Gasteiger partial charge in [-0.15, -0.1) is 0 Å². The van der Waals surface area contributed by atoms with E-state index in [0.29, 0.717) is 34.6 Å². The molecule has 0 saturated heterocycles. The van der Waals surface area contributed by atoms with Gasteiger partial charge in [0.05, 0.1) is 22.7 Å². The summed E-state index contributed by atoms with van der Waals surface area (Å²) in [7, 11) is 0. The second kappa shape index (κ2) is 11.1. The summed E-state index contributed by atoms with van der Waals surface area (Å²) >= 11 is 1.70. The van der Waals surface area contributed by atoms with E-state index >= 15 is 4.39 Å². The molecule has 7 heteroatoms. The van der Waals surface area contributed by atoms with Crippen molar-refractivity contribution in [3.8, 4) is 22.3 Å². The quantitative estimate of drug-likeness (QED) is 0.232. The lowest BCUT2D eigenvalue weighted by molar-refractivity contribution is 0.624. The van der Waals surface area contributed by atoms with Gasteiger partial charge in [-0.2, -0.15) is 11.3 Å². The molecule has 200 valence electrons. The summed E-state index contributed by atoms with van der Waals surface area (Å²) in [4.78, 5) is 13.8. The van der Waals surface area contributed by atoms with Crippen LogP contribution in [-0.4, -0.2) is 28.3 Å². The van der Waals surface area contributed by atoms with Crippen LogP contribution in [-0.2, 0) is 6.42 Å². The van der Waals surface area contributed by atoms with Crippen molar-refractivity contribution in [2.75, 3.05) is 17.2 Å². The molecule has 0 amide bonds. The van der Waals surface area contributed by atoms with Crippen LogP contribution in [0, 0.1) is 19.7 Å². The molecule has 0 saturated carbocycles. The Balaban J connectivity index is 1.61. The molecule has 39 heavy (non-hydrogen) atoms. The van der Waals surface area contributed by atoms with Crippen molar-refractivity contribution in [1.29, 1.82) is 0 Å². The molecule has 1 aliphatic heterocycles. The number of anilines is 2. The summed E-state index contributed by atoms with van der Waals surface area (Å²) in [5.74, 6) is -0.338. The Labute approximate surface area is 234 Å². The number of thiophene rings is 1. The topological polar surface area (TPSA) is 62.2 Å². The van der Waals surface area contributed by atoms with Crippen LogP contribution in [0.15, 0.2) is 69.9 Å². The molecule has 0 unspecified atom stereocenters. The van der Waals surface area contributed by atoms with Crippen LogP contribution in [0.25, 0.3) is 22.3 Å². The number of halogens is 1. The van der Waals surface area contributed by atoms with Crippen molar-refractivity contribution in [2.45, 2.75) is 54.0 Å². The summed E-state index contributed by atoms with van der Waals surface area (Å²) < 4.78 is 16.5. The highest BCUT2D eigenvalue weighted by molar-refractivity contribution is 7.08. The maximum absolute atomic E-state index is 16.5. The van der Waals surface area contributed by atoms with Crippen molar-refractivity contribution in [3.05, 3.63) is 93.1 Å². The summed E-state index contributed by atoms with van der Waals surface area (Å²) in [6, 6.07) is 8.65. The lowest BCUT2D eigenvalue weighted by Crippen LogP contribution is -2.24. The summed E-state index contributed by atoms with van der Waals surface area (Å²) in [5.41, 5.74) is 11.4. The Bertz CT molecular complexity index is 1580. The normalized spacial score (nSPS) is 13.5. The third-order valence-electron chi connectivity index (χ3n) is 6.97. The molecule has 2 N–H and O–H groups in total. The second-order valence-corrected chi connectivity index (χ2v) is 11.1. The zero-order chi connectivity index (χ0) is 27.7. The first-order chi connectivity index (χ1) is 18.8. The highest BCUT2D eigenvalue weighted by Gasteiger charge is 2.27. The third-order valence-corrected chi connectivity index (χ3v) is 7.65. The number of hydrogen-bond acceptors (Lipinski definition) is 6. The molecule has 0 aliphatic carbocycles. The van der Waals surface area contributed by atoms with Gasteiger partial charge >= 0.3 is 0 Å². The van der Waals surface area contributed by atoms with Crippen molar-refractivity contribution in [1.82, 2.24) is 9.97 Å². The largest absolute Gasteiger partial charge is 0.382 e. The molecule has 0 atom stereocenters. The lowest BCUT2D eigenvalue weighted by atomic mass is 9.87. The van der Waals surface area contributed by atoms with E-state index < -0.39 is 0 Å². The zero-order valence-corrected chi connectivity index (χ0v) is 24.1. The van der Waals surface area contributed by atoms with Gasteiger partial charge in [0.15, 0.2) is 0 Å². The summed E-state index contributed by atoms with van der Waals surface area (Å²) in [5, 5.41) is 11.3. The molecule has 0 bridgehead atoms. The van der Waals surface area contributed by atoms with Gasteiger partial charge in [-0.05, 0) is 98.7 Å². The Morgan fingerprint density at radius 3 is 2.64 bits per heavy atom. The van der Waals surface area contributed by atoms with Gasteiger partial charge in [0.2, 0.25) is 0 Å². The van der Waals surface area contributed by atoms with Gasteiger partial charge in [-0.3, -0.25) is 15.0 Å². The molecule has 0 spiro atoms. The molecule has 3 aromatic heterocycles. The van der Waals surface area contributed by atoms with E-state index in [0.717, 1.165) is 34.6 Å².